The summed E-state index contributed by atoms with van der Waals surface area (Å²) in [5, 5.41) is 0.301. The third-order valence-electron chi connectivity index (χ3n) is 6.01. The molecule has 0 aliphatic carbocycles. The molecular formula is C21H44O4Si2. The van der Waals surface area contributed by atoms with Crippen molar-refractivity contribution in [3.05, 3.63) is 11.6 Å². The monoisotopic (exact) mass is 416 g/mol. The van der Waals surface area contributed by atoms with Gasteiger partial charge >= 0.3 is 5.97 Å². The molecule has 160 valence electrons. The van der Waals surface area contributed by atoms with Crippen LogP contribution < -0.4 is 0 Å². The average molecular weight is 417 g/mol. The second kappa shape index (κ2) is 9.85. The maximum absolute atomic E-state index is 12.0. The third kappa shape index (κ3) is 8.63. The first-order valence-corrected chi connectivity index (χ1v) is 15.9. The van der Waals surface area contributed by atoms with Crippen LogP contribution in [0.25, 0.3) is 0 Å². The van der Waals surface area contributed by atoms with Crippen molar-refractivity contribution < 1.29 is 18.4 Å². The highest BCUT2D eigenvalue weighted by molar-refractivity contribution is 6.74. The van der Waals surface area contributed by atoms with Crippen LogP contribution in [0.5, 0.6) is 0 Å². The molecule has 0 aliphatic rings. The molecule has 0 saturated heterocycles. The lowest BCUT2D eigenvalue weighted by molar-refractivity contribution is -0.138. The van der Waals surface area contributed by atoms with E-state index < -0.39 is 16.6 Å². The number of esters is 1. The quantitative estimate of drug-likeness (QED) is 0.257. The van der Waals surface area contributed by atoms with E-state index >= 15 is 0 Å². The van der Waals surface area contributed by atoms with Crippen LogP contribution in [0.1, 0.15) is 55.4 Å². The van der Waals surface area contributed by atoms with E-state index in [4.69, 9.17) is 13.6 Å². The smallest absolute Gasteiger partial charge is 0.333 e. The van der Waals surface area contributed by atoms with Gasteiger partial charge in [-0.05, 0) is 50.1 Å². The Balaban J connectivity index is 5.34. The maximum atomic E-state index is 12.0. The minimum absolute atomic E-state index is 0.0395. The van der Waals surface area contributed by atoms with E-state index in [1.165, 1.54) is 0 Å². The standard InChI is InChI=1S/C21H44O4Si2/c1-13-23-19(22)17(2)14-18(15-24-26(9,10)20(3,4)5)16-25-27(11,12)21(6,7)8/h14,18H,13,15-16H2,1-12H3/b17-14+. The highest BCUT2D eigenvalue weighted by atomic mass is 28.4. The Morgan fingerprint density at radius 2 is 1.26 bits per heavy atom. The number of hydrogen-bond acceptors (Lipinski definition) is 4. The zero-order chi connectivity index (χ0) is 21.7. The van der Waals surface area contributed by atoms with Gasteiger partial charge < -0.3 is 13.6 Å². The van der Waals surface area contributed by atoms with Gasteiger partial charge in [0, 0.05) is 24.7 Å². The fourth-order valence-electron chi connectivity index (χ4n) is 1.87. The Labute approximate surface area is 170 Å². The Kier molecular flexibility index (Phi) is 9.69. The highest BCUT2D eigenvalue weighted by Gasteiger charge is 2.39. The third-order valence-corrected chi connectivity index (χ3v) is 15.0. The van der Waals surface area contributed by atoms with Crippen molar-refractivity contribution in [3.63, 3.8) is 0 Å². The number of hydrogen-bond donors (Lipinski definition) is 0. The topological polar surface area (TPSA) is 44.8 Å². The van der Waals surface area contributed by atoms with Crippen LogP contribution in [-0.2, 0) is 18.4 Å². The van der Waals surface area contributed by atoms with Crippen LogP contribution in [-0.4, -0.2) is 42.4 Å². The number of ether oxygens (including phenoxy) is 1. The van der Waals surface area contributed by atoms with Gasteiger partial charge in [0.05, 0.1) is 6.61 Å². The van der Waals surface area contributed by atoms with E-state index in [0.29, 0.717) is 25.4 Å². The molecule has 0 atom stereocenters. The average Bonchev–Trinajstić information content (AvgIpc) is 2.47. The predicted molar refractivity (Wildman–Crippen MR) is 120 cm³/mol. The molecule has 0 aromatic rings. The van der Waals surface area contributed by atoms with Gasteiger partial charge in [-0.15, -0.1) is 0 Å². The van der Waals surface area contributed by atoms with Crippen LogP contribution in [0.4, 0.5) is 0 Å². The molecular weight excluding hydrogens is 372 g/mol. The Morgan fingerprint density at radius 3 is 1.56 bits per heavy atom. The normalized spacial score (nSPS) is 14.6. The summed E-state index contributed by atoms with van der Waals surface area (Å²) in [6.07, 6.45) is 1.97. The van der Waals surface area contributed by atoms with Crippen molar-refractivity contribution in [1.82, 2.24) is 0 Å². The molecule has 6 heteroatoms. The maximum Gasteiger partial charge on any atom is 0.333 e. The first kappa shape index (κ1) is 26.6. The second-order valence-electron chi connectivity index (χ2n) is 10.5. The van der Waals surface area contributed by atoms with Gasteiger partial charge in [0.2, 0.25) is 0 Å². The largest absolute Gasteiger partial charge is 0.463 e. The van der Waals surface area contributed by atoms with Crippen LogP contribution in [0.3, 0.4) is 0 Å². The van der Waals surface area contributed by atoms with Crippen molar-refractivity contribution in [2.24, 2.45) is 5.92 Å². The fraction of sp³-hybridized carbons (Fsp3) is 0.857. The molecule has 0 heterocycles. The van der Waals surface area contributed by atoms with Gasteiger partial charge in [-0.25, -0.2) is 4.79 Å². The molecule has 0 radical (unpaired) electrons. The van der Waals surface area contributed by atoms with Gasteiger partial charge in [0.15, 0.2) is 16.6 Å². The summed E-state index contributed by atoms with van der Waals surface area (Å²) in [7, 11) is -3.72. The molecule has 0 amide bonds. The summed E-state index contributed by atoms with van der Waals surface area (Å²) in [4.78, 5) is 12.0. The lowest BCUT2D eigenvalue weighted by Crippen LogP contribution is -2.44. The van der Waals surface area contributed by atoms with Gasteiger partial charge in [0.25, 0.3) is 0 Å². The zero-order valence-electron chi connectivity index (χ0n) is 19.9. The predicted octanol–water partition coefficient (Wildman–Crippen LogP) is 6.16. The molecule has 0 aromatic carbocycles. The molecule has 0 aromatic heterocycles. The molecule has 4 nitrogen and oxygen atoms in total. The Bertz CT molecular complexity index is 481. The lowest BCUT2D eigenvalue weighted by Gasteiger charge is -2.39. The van der Waals surface area contributed by atoms with Crippen LogP contribution in [0, 0.1) is 5.92 Å². The van der Waals surface area contributed by atoms with Crippen LogP contribution in [0.15, 0.2) is 11.6 Å². The molecule has 0 unspecified atom stereocenters. The molecule has 0 N–H and O–H groups in total. The summed E-state index contributed by atoms with van der Waals surface area (Å²) >= 11 is 0. The van der Waals surface area contributed by atoms with Crippen LogP contribution in [0.2, 0.25) is 36.3 Å². The van der Waals surface area contributed by atoms with Crippen molar-refractivity contribution >= 4 is 22.6 Å². The SMILES string of the molecule is CCOC(=O)/C(C)=C/C(CO[Si](C)(C)C(C)(C)C)CO[Si](C)(C)C(C)(C)C. The van der Waals surface area contributed by atoms with Gasteiger partial charge in [-0.1, -0.05) is 47.6 Å². The second-order valence-corrected chi connectivity index (χ2v) is 20.1. The molecule has 0 bridgehead atoms. The summed E-state index contributed by atoms with van der Waals surface area (Å²) in [5.41, 5.74) is 0.625. The Morgan fingerprint density at radius 1 is 0.889 bits per heavy atom. The minimum atomic E-state index is -1.86. The fourth-order valence-corrected chi connectivity index (χ4v) is 4.00. The summed E-state index contributed by atoms with van der Waals surface area (Å²) in [6.45, 7) is 27.6. The van der Waals surface area contributed by atoms with Crippen molar-refractivity contribution in [3.8, 4) is 0 Å². The van der Waals surface area contributed by atoms with Gasteiger partial charge in [-0.2, -0.15) is 0 Å². The summed E-state index contributed by atoms with van der Waals surface area (Å²) < 4.78 is 18.0. The highest BCUT2D eigenvalue weighted by Crippen LogP contribution is 2.38. The summed E-state index contributed by atoms with van der Waals surface area (Å²) in [6, 6.07) is 0. The van der Waals surface area contributed by atoms with Crippen molar-refractivity contribution in [2.45, 2.75) is 91.7 Å². The molecule has 0 saturated carbocycles. The minimum Gasteiger partial charge on any atom is -0.463 e. The molecule has 27 heavy (non-hydrogen) atoms. The number of carbonyl (C=O) groups excluding carboxylic acids is 1. The molecule has 0 rings (SSSR count). The van der Waals surface area contributed by atoms with Gasteiger partial charge in [-0.3, -0.25) is 0 Å². The first-order valence-electron chi connectivity index (χ1n) is 10.1. The molecule has 0 spiro atoms. The Hall–Kier alpha value is -0.436. The molecule has 0 fully saturated rings. The zero-order valence-corrected chi connectivity index (χ0v) is 21.9. The molecule has 0 aliphatic heterocycles. The van der Waals surface area contributed by atoms with Gasteiger partial charge in [0.1, 0.15) is 0 Å². The van der Waals surface area contributed by atoms with E-state index in [0.717, 1.165) is 0 Å². The van der Waals surface area contributed by atoms with E-state index in [2.05, 4.69) is 67.7 Å². The van der Waals surface area contributed by atoms with Crippen LogP contribution >= 0.6 is 0 Å². The van der Waals surface area contributed by atoms with Crippen molar-refractivity contribution in [2.75, 3.05) is 19.8 Å². The summed E-state index contributed by atoms with van der Waals surface area (Å²) in [5.74, 6) is -0.222. The number of rotatable bonds is 9. The first-order chi connectivity index (χ1) is 11.9. The van der Waals surface area contributed by atoms with E-state index in [1.54, 1.807) is 0 Å². The lowest BCUT2D eigenvalue weighted by atomic mass is 10.1. The number of carbonyl (C=O) groups is 1. The van der Waals surface area contributed by atoms with E-state index in [9.17, 15) is 4.79 Å². The van der Waals surface area contributed by atoms with E-state index in [1.807, 2.05) is 19.9 Å². The van der Waals surface area contributed by atoms with E-state index in [-0.39, 0.29) is 22.0 Å². The van der Waals surface area contributed by atoms with Crippen molar-refractivity contribution in [1.29, 1.82) is 0 Å².